The van der Waals surface area contributed by atoms with Crippen LogP contribution >= 0.6 is 16.1 Å². The monoisotopic (exact) mass is 171 g/mol. The Morgan fingerprint density at radius 3 is 2.88 bits per heavy atom. The van der Waals surface area contributed by atoms with Gasteiger partial charge in [-0.3, -0.25) is 0 Å². The van der Waals surface area contributed by atoms with Gasteiger partial charge in [-0.1, -0.05) is 0 Å². The molecule has 3 nitrogen and oxygen atoms in total. The average molecular weight is 172 g/mol. The van der Waals surface area contributed by atoms with Gasteiger partial charge in [-0.15, -0.1) is 0 Å². The third-order valence-corrected chi connectivity index (χ3v) is 1.07. The molecule has 8 heavy (non-hydrogen) atoms. The number of hydrogen-bond acceptors (Lipinski definition) is 2. The summed E-state index contributed by atoms with van der Waals surface area (Å²) in [6, 6.07) is 1.93. The van der Waals surface area contributed by atoms with Crippen LogP contribution in [-0.4, -0.2) is 8.81 Å². The van der Waals surface area contributed by atoms with Crippen molar-refractivity contribution < 1.29 is 0 Å². The molecule has 0 amide bonds. The molecule has 0 saturated carbocycles. The second kappa shape index (κ2) is 1.97. The zero-order valence-electron chi connectivity index (χ0n) is 3.87. The predicted octanol–water partition coefficient (Wildman–Crippen LogP) is 0.913. The van der Waals surface area contributed by atoms with Gasteiger partial charge in [-0.05, 0) is 0 Å². The number of halogens is 1. The van der Waals surface area contributed by atoms with Crippen LogP contribution < -0.4 is 0 Å². The lowest BCUT2D eigenvalue weighted by molar-refractivity contribution is 1.03. The molecule has 0 unspecified atom stereocenters. The fourth-order valence-electron chi connectivity index (χ4n) is 0.357. The van der Waals surface area contributed by atoms with Crippen LogP contribution in [0.3, 0.4) is 0 Å². The molecule has 0 bridgehead atoms. The summed E-state index contributed by atoms with van der Waals surface area (Å²) in [7, 11) is 0. The molecule has 1 aromatic heterocycles. The van der Waals surface area contributed by atoms with Crippen molar-refractivity contribution in [2.24, 2.45) is 0 Å². The van der Waals surface area contributed by atoms with Crippen molar-refractivity contribution in [3.05, 3.63) is 18.0 Å². The van der Waals surface area contributed by atoms with Crippen molar-refractivity contribution in [2.75, 3.05) is 0 Å². The van der Waals surface area contributed by atoms with E-state index in [9.17, 15) is 0 Å². The van der Waals surface area contributed by atoms with E-state index >= 15 is 0 Å². The molecule has 0 saturated heterocycles. The standard InChI is InChI=1S/C4H2BrN3/c5-8-3-4(1-6)2-7-8/h2-3H. The maximum absolute atomic E-state index is 8.23. The van der Waals surface area contributed by atoms with E-state index in [2.05, 4.69) is 21.2 Å². The van der Waals surface area contributed by atoms with Crippen LogP contribution in [-0.2, 0) is 0 Å². The maximum atomic E-state index is 8.23. The zero-order chi connectivity index (χ0) is 5.98. The van der Waals surface area contributed by atoms with Crippen molar-refractivity contribution in [3.63, 3.8) is 0 Å². The van der Waals surface area contributed by atoms with Crippen LogP contribution in [0, 0.1) is 11.3 Å². The lowest BCUT2D eigenvalue weighted by Gasteiger charge is -1.73. The molecule has 0 aliphatic rings. The Bertz CT molecular complexity index is 221. The largest absolute Gasteiger partial charge is 0.204 e. The van der Waals surface area contributed by atoms with Crippen molar-refractivity contribution in [3.8, 4) is 6.07 Å². The Morgan fingerprint density at radius 2 is 2.62 bits per heavy atom. The smallest absolute Gasteiger partial charge is 0.102 e. The van der Waals surface area contributed by atoms with E-state index in [0.717, 1.165) is 0 Å². The first-order chi connectivity index (χ1) is 3.83. The molecule has 1 rings (SSSR count). The number of nitrogens with zero attached hydrogens (tertiary/aromatic N) is 3. The SMILES string of the molecule is N#Cc1cnn(Br)c1. The summed E-state index contributed by atoms with van der Waals surface area (Å²) in [4.78, 5) is 0. The predicted molar refractivity (Wildman–Crippen MR) is 31.3 cm³/mol. The van der Waals surface area contributed by atoms with Gasteiger partial charge in [0, 0.05) is 0 Å². The van der Waals surface area contributed by atoms with Gasteiger partial charge in [0.2, 0.25) is 0 Å². The fraction of sp³-hybridized carbons (Fsp3) is 0. The van der Waals surface area contributed by atoms with E-state index in [0.29, 0.717) is 5.56 Å². The minimum Gasteiger partial charge on any atom is -0.204 e. The van der Waals surface area contributed by atoms with Gasteiger partial charge < -0.3 is 0 Å². The summed E-state index contributed by atoms with van der Waals surface area (Å²) < 4.78 is 1.41. The minimum atomic E-state index is 0.557. The van der Waals surface area contributed by atoms with E-state index < -0.39 is 0 Å². The van der Waals surface area contributed by atoms with Crippen LogP contribution in [0.1, 0.15) is 5.56 Å². The molecule has 0 radical (unpaired) electrons. The third kappa shape index (κ3) is 0.873. The molecule has 0 aromatic carbocycles. The van der Waals surface area contributed by atoms with E-state index in [1.54, 1.807) is 6.20 Å². The van der Waals surface area contributed by atoms with Gasteiger partial charge in [-0.25, -0.2) is 3.71 Å². The van der Waals surface area contributed by atoms with E-state index in [1.165, 1.54) is 9.90 Å². The minimum absolute atomic E-state index is 0.557. The summed E-state index contributed by atoms with van der Waals surface area (Å²) in [5, 5.41) is 11.9. The van der Waals surface area contributed by atoms with Gasteiger partial charge >= 0.3 is 0 Å². The van der Waals surface area contributed by atoms with Crippen molar-refractivity contribution >= 4 is 16.1 Å². The molecule has 0 aliphatic carbocycles. The molecule has 0 spiro atoms. The summed E-state index contributed by atoms with van der Waals surface area (Å²) >= 11 is 3.03. The molecule has 1 heterocycles. The first-order valence-corrected chi connectivity index (χ1v) is 2.65. The Balaban J connectivity index is 3.05. The highest BCUT2D eigenvalue weighted by Gasteiger charge is 1.89. The van der Waals surface area contributed by atoms with Crippen LogP contribution in [0.5, 0.6) is 0 Å². The van der Waals surface area contributed by atoms with Gasteiger partial charge in [-0.2, -0.15) is 10.4 Å². The molecule has 1 aromatic rings. The molecular formula is C4H2BrN3. The molecular weight excluding hydrogens is 170 g/mol. The van der Waals surface area contributed by atoms with Gasteiger partial charge in [0.15, 0.2) is 0 Å². The number of nitriles is 1. The first-order valence-electron chi connectivity index (χ1n) is 1.94. The lowest BCUT2D eigenvalue weighted by Crippen LogP contribution is -1.72. The van der Waals surface area contributed by atoms with Gasteiger partial charge in [0.05, 0.1) is 34.1 Å². The topological polar surface area (TPSA) is 41.6 Å². The van der Waals surface area contributed by atoms with Crippen molar-refractivity contribution in [1.29, 1.82) is 5.26 Å². The number of aromatic nitrogens is 2. The summed E-state index contributed by atoms with van der Waals surface area (Å²) in [5.41, 5.74) is 0.557. The zero-order valence-corrected chi connectivity index (χ0v) is 5.46. The molecule has 4 heteroatoms. The summed E-state index contributed by atoms with van der Waals surface area (Å²) in [6.07, 6.45) is 3.06. The summed E-state index contributed by atoms with van der Waals surface area (Å²) in [5.74, 6) is 0. The van der Waals surface area contributed by atoms with Gasteiger partial charge in [0.1, 0.15) is 6.07 Å². The molecule has 0 fully saturated rings. The summed E-state index contributed by atoms with van der Waals surface area (Å²) in [6.45, 7) is 0. The van der Waals surface area contributed by atoms with Crippen LogP contribution in [0.15, 0.2) is 12.4 Å². The highest BCUT2D eigenvalue weighted by atomic mass is 79.9. The van der Waals surface area contributed by atoms with Crippen LogP contribution in [0.2, 0.25) is 0 Å². The highest BCUT2D eigenvalue weighted by molar-refractivity contribution is 9.08. The quantitative estimate of drug-likeness (QED) is 0.583. The average Bonchev–Trinajstić information content (AvgIpc) is 2.14. The van der Waals surface area contributed by atoms with E-state index in [1.807, 2.05) is 6.07 Å². The molecule has 0 aliphatic heterocycles. The number of hydrogen-bond donors (Lipinski definition) is 0. The van der Waals surface area contributed by atoms with Gasteiger partial charge in [0.25, 0.3) is 0 Å². The highest BCUT2D eigenvalue weighted by Crippen LogP contribution is 1.95. The van der Waals surface area contributed by atoms with Crippen LogP contribution in [0.25, 0.3) is 0 Å². The van der Waals surface area contributed by atoms with Crippen LogP contribution in [0.4, 0.5) is 0 Å². The normalized spacial score (nSPS) is 8.50. The Morgan fingerprint density at radius 1 is 1.88 bits per heavy atom. The number of rotatable bonds is 0. The fourth-order valence-corrected chi connectivity index (χ4v) is 0.669. The lowest BCUT2D eigenvalue weighted by atomic mass is 10.4. The Hall–Kier alpha value is -0.820. The molecule has 0 N–H and O–H groups in total. The second-order valence-corrected chi connectivity index (χ2v) is 1.96. The first kappa shape index (κ1) is 5.32. The third-order valence-electron chi connectivity index (χ3n) is 0.682. The Kier molecular flexibility index (Phi) is 1.31. The Labute approximate surface area is 54.9 Å². The van der Waals surface area contributed by atoms with Crippen molar-refractivity contribution in [1.82, 2.24) is 8.81 Å². The van der Waals surface area contributed by atoms with E-state index in [4.69, 9.17) is 5.26 Å². The van der Waals surface area contributed by atoms with E-state index in [-0.39, 0.29) is 0 Å². The maximum Gasteiger partial charge on any atom is 0.102 e. The van der Waals surface area contributed by atoms with Crippen molar-refractivity contribution in [2.45, 2.75) is 0 Å². The molecule has 0 atom stereocenters. The second-order valence-electron chi connectivity index (χ2n) is 1.23. The molecule has 40 valence electrons.